The summed E-state index contributed by atoms with van der Waals surface area (Å²) in [6, 6.07) is 5.34. The number of rotatable bonds is 8. The fourth-order valence-electron chi connectivity index (χ4n) is 5.20. The number of amides is 1. The number of hydrogen-bond donors (Lipinski definition) is 2. The van der Waals surface area contributed by atoms with Crippen LogP contribution in [0.1, 0.15) is 40.4 Å². The molecule has 35 heavy (non-hydrogen) atoms. The van der Waals surface area contributed by atoms with E-state index in [0.717, 1.165) is 13.1 Å². The summed E-state index contributed by atoms with van der Waals surface area (Å²) in [5, 5.41) is 6.09. The first kappa shape index (κ1) is 24.5. The predicted molar refractivity (Wildman–Crippen MR) is 131 cm³/mol. The van der Waals surface area contributed by atoms with Crippen LogP contribution in [0.2, 0.25) is 0 Å². The first-order valence-electron chi connectivity index (χ1n) is 11.5. The second-order valence-corrected chi connectivity index (χ2v) is 10.7. The summed E-state index contributed by atoms with van der Waals surface area (Å²) in [6.07, 6.45) is -3.62. The van der Waals surface area contributed by atoms with Crippen LogP contribution in [-0.4, -0.2) is 48.0 Å². The molecule has 0 radical (unpaired) electrons. The van der Waals surface area contributed by atoms with Crippen molar-refractivity contribution >= 4 is 34.2 Å². The summed E-state index contributed by atoms with van der Waals surface area (Å²) in [5.41, 5.74) is 0.558. The quantitative estimate of drug-likeness (QED) is 0.352. The molecule has 1 saturated heterocycles. The Morgan fingerprint density at radius 3 is 2.54 bits per heavy atom. The molecule has 188 valence electrons. The van der Waals surface area contributed by atoms with Crippen molar-refractivity contribution in [2.75, 3.05) is 25.5 Å². The Morgan fingerprint density at radius 2 is 1.91 bits per heavy atom. The number of pyridine rings is 1. The SMILES string of the molecule is CN1CC2[C@@H](C1)[C@@H]2Nc1cc(=O)n([C@@H]2C[C@H]2C(F)F)cc1C(=O)NCc1cccc(C(F)F)c1I. The summed E-state index contributed by atoms with van der Waals surface area (Å²) >= 11 is 1.84. The Morgan fingerprint density at radius 1 is 1.20 bits per heavy atom. The van der Waals surface area contributed by atoms with E-state index in [1.807, 2.05) is 29.6 Å². The molecule has 0 bridgehead atoms. The van der Waals surface area contributed by atoms with Crippen LogP contribution in [0.25, 0.3) is 0 Å². The van der Waals surface area contributed by atoms with Crippen molar-refractivity contribution in [3.63, 3.8) is 0 Å². The van der Waals surface area contributed by atoms with Crippen molar-refractivity contribution in [2.45, 2.75) is 37.9 Å². The van der Waals surface area contributed by atoms with Crippen molar-refractivity contribution in [2.24, 2.45) is 17.8 Å². The molecule has 5 rings (SSSR count). The van der Waals surface area contributed by atoms with Gasteiger partial charge in [0.05, 0.1) is 11.3 Å². The second-order valence-electron chi connectivity index (χ2n) is 9.67. The Labute approximate surface area is 213 Å². The summed E-state index contributed by atoms with van der Waals surface area (Å²) in [7, 11) is 2.04. The lowest BCUT2D eigenvalue weighted by molar-refractivity contribution is 0.0950. The minimum Gasteiger partial charge on any atom is -0.381 e. The number of benzene rings is 1. The van der Waals surface area contributed by atoms with Crippen LogP contribution >= 0.6 is 22.6 Å². The normalized spacial score (nSPS) is 27.3. The van der Waals surface area contributed by atoms with Crippen LogP contribution in [0.4, 0.5) is 23.2 Å². The molecule has 3 aliphatic rings. The lowest BCUT2D eigenvalue weighted by atomic mass is 10.1. The monoisotopic (exact) mass is 604 g/mol. The first-order chi connectivity index (χ1) is 16.7. The number of hydrogen-bond acceptors (Lipinski definition) is 4. The topological polar surface area (TPSA) is 66.4 Å². The van der Waals surface area contributed by atoms with Crippen molar-refractivity contribution < 1.29 is 22.4 Å². The number of likely N-dealkylation sites (tertiary alicyclic amines) is 1. The summed E-state index contributed by atoms with van der Waals surface area (Å²) in [4.78, 5) is 28.2. The Balaban J connectivity index is 1.39. The van der Waals surface area contributed by atoms with Gasteiger partial charge in [-0.2, -0.15) is 0 Å². The maximum Gasteiger partial charge on any atom is 0.264 e. The zero-order valence-electron chi connectivity index (χ0n) is 18.9. The fraction of sp³-hybridized carbons (Fsp3) is 0.500. The van der Waals surface area contributed by atoms with E-state index in [1.165, 1.54) is 29.0 Å². The number of carbonyl (C=O) groups excluding carboxylic acids is 1. The maximum absolute atomic E-state index is 13.2. The molecule has 5 atom stereocenters. The number of alkyl halides is 4. The number of fused-ring (bicyclic) bond motifs is 1. The molecule has 2 N–H and O–H groups in total. The molecule has 6 nitrogen and oxygen atoms in total. The molecule has 1 aromatic heterocycles. The zero-order valence-corrected chi connectivity index (χ0v) is 21.0. The summed E-state index contributed by atoms with van der Waals surface area (Å²) < 4.78 is 54.3. The molecule has 2 saturated carbocycles. The number of piperidine rings is 1. The van der Waals surface area contributed by atoms with Gasteiger partial charge in [-0.05, 0) is 53.5 Å². The fourth-order valence-corrected chi connectivity index (χ4v) is 5.99. The van der Waals surface area contributed by atoms with Gasteiger partial charge in [-0.3, -0.25) is 9.59 Å². The predicted octanol–water partition coefficient (Wildman–Crippen LogP) is 4.12. The molecule has 2 heterocycles. The Bertz CT molecular complexity index is 1190. The number of halogens is 5. The second kappa shape index (κ2) is 9.38. The van der Waals surface area contributed by atoms with Crippen molar-refractivity contribution in [3.8, 4) is 0 Å². The molecule has 0 spiro atoms. The average molecular weight is 604 g/mol. The van der Waals surface area contributed by atoms with Crippen LogP contribution in [0, 0.1) is 21.3 Å². The van der Waals surface area contributed by atoms with Gasteiger partial charge in [0.25, 0.3) is 17.9 Å². The molecule has 1 amide bonds. The maximum atomic E-state index is 13.2. The largest absolute Gasteiger partial charge is 0.381 e. The number of carbonyl (C=O) groups is 1. The zero-order chi connectivity index (χ0) is 25.0. The standard InChI is InChI=1S/C24H25F4IN4O2/c1-32-8-14-15(9-32)21(14)31-17-6-19(34)33(18-5-13(18)23(27)28)10-16(17)24(35)30-7-11-3-2-4-12(20(11)29)22(25)26/h2-4,6,10,13-15,18,21-23,31H,5,7-9H2,1H3,(H,30,35)/t13-,14-,15?,18-,21+/m1/s1. The van der Waals surface area contributed by atoms with Crippen LogP contribution in [0.15, 0.2) is 35.3 Å². The van der Waals surface area contributed by atoms with E-state index in [4.69, 9.17) is 0 Å². The van der Waals surface area contributed by atoms with Gasteiger partial charge >= 0.3 is 0 Å². The lowest BCUT2D eigenvalue weighted by Gasteiger charge is -2.18. The average Bonchev–Trinajstić information content (AvgIpc) is 3.68. The van der Waals surface area contributed by atoms with Crippen molar-refractivity contribution in [3.05, 3.63) is 61.1 Å². The van der Waals surface area contributed by atoms with Gasteiger partial charge in [-0.15, -0.1) is 0 Å². The number of nitrogens with one attached hydrogen (secondary N) is 2. The summed E-state index contributed by atoms with van der Waals surface area (Å²) in [6.45, 7) is 1.87. The molecule has 3 fully saturated rings. The molecule has 11 heteroatoms. The van der Waals surface area contributed by atoms with Gasteiger partial charge in [0.15, 0.2) is 0 Å². The number of nitrogens with zero attached hydrogens (tertiary/aromatic N) is 2. The van der Waals surface area contributed by atoms with E-state index in [2.05, 4.69) is 15.5 Å². The van der Waals surface area contributed by atoms with Crippen molar-refractivity contribution in [1.82, 2.24) is 14.8 Å². The molecule has 2 aliphatic carbocycles. The van der Waals surface area contributed by atoms with Crippen LogP contribution in [0.5, 0.6) is 0 Å². The van der Waals surface area contributed by atoms with Gasteiger partial charge in [0.1, 0.15) is 0 Å². The van der Waals surface area contributed by atoms with E-state index in [1.54, 1.807) is 6.07 Å². The molecular weight excluding hydrogens is 579 g/mol. The Hall–Kier alpha value is -2.15. The Kier molecular flexibility index (Phi) is 6.58. The minimum absolute atomic E-state index is 0.0127. The van der Waals surface area contributed by atoms with E-state index in [-0.39, 0.29) is 30.1 Å². The van der Waals surface area contributed by atoms with Gasteiger partial charge in [0.2, 0.25) is 6.43 Å². The first-order valence-corrected chi connectivity index (χ1v) is 12.6. The highest BCUT2D eigenvalue weighted by atomic mass is 127. The third kappa shape index (κ3) is 4.81. The molecule has 1 aliphatic heterocycles. The van der Waals surface area contributed by atoms with Gasteiger partial charge in [-0.1, -0.05) is 18.2 Å². The van der Waals surface area contributed by atoms with E-state index in [9.17, 15) is 27.2 Å². The highest BCUT2D eigenvalue weighted by molar-refractivity contribution is 14.1. The smallest absolute Gasteiger partial charge is 0.264 e. The summed E-state index contributed by atoms with van der Waals surface area (Å²) in [5.74, 6) is -0.539. The van der Waals surface area contributed by atoms with Gasteiger partial charge < -0.3 is 20.1 Å². The van der Waals surface area contributed by atoms with E-state index in [0.29, 0.717) is 26.7 Å². The van der Waals surface area contributed by atoms with Crippen molar-refractivity contribution in [1.29, 1.82) is 0 Å². The van der Waals surface area contributed by atoms with Crippen LogP contribution in [0.3, 0.4) is 0 Å². The highest BCUT2D eigenvalue weighted by Gasteiger charge is 2.55. The van der Waals surface area contributed by atoms with Gasteiger partial charge in [-0.25, -0.2) is 17.6 Å². The lowest BCUT2D eigenvalue weighted by Crippen LogP contribution is -2.30. The molecule has 1 aromatic carbocycles. The molecule has 2 aromatic rings. The van der Waals surface area contributed by atoms with E-state index >= 15 is 0 Å². The minimum atomic E-state index is -2.63. The molecule has 1 unspecified atom stereocenters. The highest BCUT2D eigenvalue weighted by Crippen LogP contribution is 2.48. The third-order valence-corrected chi connectivity index (χ3v) is 8.61. The van der Waals surface area contributed by atoms with E-state index < -0.39 is 36.3 Å². The molecular formula is C24H25F4IN4O2. The van der Waals surface area contributed by atoms with Crippen LogP contribution < -0.4 is 16.2 Å². The van der Waals surface area contributed by atoms with Crippen LogP contribution in [-0.2, 0) is 6.54 Å². The third-order valence-electron chi connectivity index (χ3n) is 7.29. The number of aromatic nitrogens is 1. The number of anilines is 1. The van der Waals surface area contributed by atoms with Gasteiger partial charge in [0, 0.05) is 59.0 Å².